The monoisotopic (exact) mass is 387 g/mol. The molecule has 0 radical (unpaired) electrons. The van der Waals surface area contributed by atoms with Gasteiger partial charge in [0.05, 0.1) is 0 Å². The maximum absolute atomic E-state index is 9.99. The van der Waals surface area contributed by atoms with Gasteiger partial charge in [0.1, 0.15) is 6.04 Å². The van der Waals surface area contributed by atoms with Crippen molar-refractivity contribution in [1.82, 2.24) is 0 Å². The number of carboxylic acids is 4. The molecular formula is C9H22NNa5O8. The van der Waals surface area contributed by atoms with E-state index in [9.17, 15) is 9.59 Å². The van der Waals surface area contributed by atoms with Crippen LogP contribution in [0.5, 0.6) is 0 Å². The van der Waals surface area contributed by atoms with Gasteiger partial charge in [-0.1, -0.05) is 0 Å². The van der Waals surface area contributed by atoms with Gasteiger partial charge in [0.15, 0.2) is 0 Å². The molecule has 23 heavy (non-hydrogen) atoms. The van der Waals surface area contributed by atoms with Gasteiger partial charge in [-0.3, -0.25) is 19.2 Å². The quantitative estimate of drug-likeness (QED) is 0.293. The molecule has 0 bridgehead atoms. The summed E-state index contributed by atoms with van der Waals surface area (Å²) in [7, 11) is 0. The average Bonchev–Trinajstić information content (AvgIpc) is 2.11. The molecule has 0 aromatic rings. The molecule has 6 N–H and O–H groups in total. The SMILES string of the molecule is CC(=O)O.CC(=O)O.NC(CCC(=O)O)C(=O)O.[H-].[H-].[H-].[H-].[H-].[Na+].[Na+].[Na+].[Na+].[Na+]. The maximum Gasteiger partial charge on any atom is 1.00 e. The van der Waals surface area contributed by atoms with Crippen molar-refractivity contribution in [2.24, 2.45) is 5.73 Å². The summed E-state index contributed by atoms with van der Waals surface area (Å²) in [6.45, 7) is 2.17. The molecule has 0 aliphatic rings. The normalized spacial score (nSPS) is 7.61. The molecule has 0 aliphatic carbocycles. The minimum Gasteiger partial charge on any atom is -1.00 e. The zero-order valence-electron chi connectivity index (χ0n) is 20.0. The number of hydrogen-bond acceptors (Lipinski definition) is 5. The van der Waals surface area contributed by atoms with Crippen molar-refractivity contribution < 1.29 is 195 Å². The van der Waals surface area contributed by atoms with E-state index in [0.717, 1.165) is 13.8 Å². The smallest absolute Gasteiger partial charge is 1.00 e. The first-order valence-electron chi connectivity index (χ1n) is 4.59. The van der Waals surface area contributed by atoms with E-state index in [4.69, 9.17) is 35.7 Å². The molecule has 9 nitrogen and oxygen atoms in total. The maximum atomic E-state index is 9.99. The van der Waals surface area contributed by atoms with E-state index in [1.165, 1.54) is 0 Å². The first-order valence-corrected chi connectivity index (χ1v) is 4.59. The minimum absolute atomic E-state index is 0. The number of carboxylic acid groups (broad SMARTS) is 4. The Kier molecular flexibility index (Phi) is 78.1. The zero-order chi connectivity index (χ0) is 15.3. The third-order valence-corrected chi connectivity index (χ3v) is 0.986. The predicted octanol–water partition coefficient (Wildman–Crippen LogP) is -15.0. The molecule has 1 unspecified atom stereocenters. The largest absolute Gasteiger partial charge is 1.00 e. The summed E-state index contributed by atoms with van der Waals surface area (Å²) >= 11 is 0. The van der Waals surface area contributed by atoms with Gasteiger partial charge in [0, 0.05) is 20.3 Å². The number of carbonyl (C=O) groups is 4. The van der Waals surface area contributed by atoms with E-state index in [-0.39, 0.29) is 168 Å². The Morgan fingerprint density at radius 1 is 0.826 bits per heavy atom. The molecule has 0 spiro atoms. The Hall–Kier alpha value is 2.84. The van der Waals surface area contributed by atoms with E-state index in [1.807, 2.05) is 0 Å². The first kappa shape index (κ1) is 50.1. The third kappa shape index (κ3) is 92.4. The van der Waals surface area contributed by atoms with Gasteiger partial charge in [-0.2, -0.15) is 0 Å². The molecule has 1 atom stereocenters. The van der Waals surface area contributed by atoms with Gasteiger partial charge in [-0.05, 0) is 6.42 Å². The molecule has 0 heterocycles. The predicted molar refractivity (Wildman–Crippen MR) is 64.7 cm³/mol. The molecule has 0 saturated heterocycles. The van der Waals surface area contributed by atoms with Crippen molar-refractivity contribution in [2.45, 2.75) is 32.7 Å². The Morgan fingerprint density at radius 2 is 1.04 bits per heavy atom. The molecule has 0 aromatic heterocycles. The van der Waals surface area contributed by atoms with E-state index in [1.54, 1.807) is 0 Å². The molecule has 116 valence electrons. The van der Waals surface area contributed by atoms with Gasteiger partial charge in [-0.25, -0.2) is 0 Å². The molecule has 0 fully saturated rings. The summed E-state index contributed by atoms with van der Waals surface area (Å²) in [5, 5.41) is 31.1. The number of rotatable bonds is 4. The van der Waals surface area contributed by atoms with E-state index < -0.39 is 29.9 Å². The average molecular weight is 387 g/mol. The standard InChI is InChI=1S/C5H9NO4.2C2H4O2.5Na.5H/c6-3(5(9)10)1-2-4(7)8;2*1-2(3)4;;;;;;;;;;/h3H,1-2,6H2,(H,7,8)(H,9,10);2*1H3,(H,3,4);;;;;;;;;;/q;;;5*+1;5*-1. The Bertz CT molecular complexity index is 305. The van der Waals surface area contributed by atoms with Gasteiger partial charge < -0.3 is 33.3 Å². The number of aliphatic carboxylic acids is 4. The second-order valence-corrected chi connectivity index (χ2v) is 2.92. The van der Waals surface area contributed by atoms with Crippen LogP contribution in [0.2, 0.25) is 0 Å². The molecule has 0 amide bonds. The van der Waals surface area contributed by atoms with Crippen molar-refractivity contribution in [3.63, 3.8) is 0 Å². The van der Waals surface area contributed by atoms with Crippen LogP contribution in [-0.4, -0.2) is 50.3 Å². The fourth-order valence-corrected chi connectivity index (χ4v) is 0.402. The van der Waals surface area contributed by atoms with Crippen LogP contribution in [0.3, 0.4) is 0 Å². The van der Waals surface area contributed by atoms with Crippen LogP contribution in [-0.2, 0) is 19.2 Å². The van der Waals surface area contributed by atoms with Crippen LogP contribution in [0.15, 0.2) is 0 Å². The molecule has 0 saturated carbocycles. The van der Waals surface area contributed by atoms with Crippen LogP contribution in [0.4, 0.5) is 0 Å². The fraction of sp³-hybridized carbons (Fsp3) is 0.556. The van der Waals surface area contributed by atoms with Crippen LogP contribution in [0.25, 0.3) is 0 Å². The van der Waals surface area contributed by atoms with Crippen LogP contribution < -0.4 is 154 Å². The number of nitrogens with two attached hydrogens (primary N) is 1. The van der Waals surface area contributed by atoms with Gasteiger partial charge in [0.25, 0.3) is 11.9 Å². The fourth-order valence-electron chi connectivity index (χ4n) is 0.402. The summed E-state index contributed by atoms with van der Waals surface area (Å²) in [6, 6.07) is -1.06. The summed E-state index contributed by atoms with van der Waals surface area (Å²) in [5.41, 5.74) is 5.00. The summed E-state index contributed by atoms with van der Waals surface area (Å²) < 4.78 is 0. The zero-order valence-corrected chi connectivity index (χ0v) is 25.0. The Balaban J connectivity index is -0.0000000102. The van der Waals surface area contributed by atoms with Crippen molar-refractivity contribution in [1.29, 1.82) is 0 Å². The van der Waals surface area contributed by atoms with Crippen molar-refractivity contribution in [3.8, 4) is 0 Å². The van der Waals surface area contributed by atoms with Gasteiger partial charge >= 0.3 is 160 Å². The van der Waals surface area contributed by atoms with E-state index in [0.29, 0.717) is 0 Å². The summed E-state index contributed by atoms with van der Waals surface area (Å²) in [4.78, 5) is 37.9. The second-order valence-electron chi connectivity index (χ2n) is 2.92. The number of hydrogen-bond donors (Lipinski definition) is 5. The third-order valence-electron chi connectivity index (χ3n) is 0.986. The first-order chi connectivity index (χ1) is 8.00. The topological polar surface area (TPSA) is 175 Å². The van der Waals surface area contributed by atoms with E-state index in [2.05, 4.69) is 0 Å². The van der Waals surface area contributed by atoms with Crippen molar-refractivity contribution >= 4 is 23.9 Å². The van der Waals surface area contributed by atoms with Gasteiger partial charge in [-0.15, -0.1) is 0 Å². The molecular weight excluding hydrogens is 365 g/mol. The summed E-state index contributed by atoms with van der Waals surface area (Å²) in [6.07, 6.45) is -0.224. The minimum atomic E-state index is -1.17. The molecule has 0 aliphatic heterocycles. The summed E-state index contributed by atoms with van der Waals surface area (Å²) in [5.74, 6) is -3.86. The molecule has 0 rings (SSSR count). The Morgan fingerprint density at radius 3 is 1.17 bits per heavy atom. The van der Waals surface area contributed by atoms with E-state index >= 15 is 0 Å². The van der Waals surface area contributed by atoms with Crippen LogP contribution in [0, 0.1) is 0 Å². The van der Waals surface area contributed by atoms with Crippen LogP contribution in [0.1, 0.15) is 33.8 Å². The van der Waals surface area contributed by atoms with Crippen molar-refractivity contribution in [2.75, 3.05) is 0 Å². The van der Waals surface area contributed by atoms with Crippen LogP contribution >= 0.6 is 0 Å². The molecule has 14 heteroatoms. The second kappa shape index (κ2) is 35.9. The van der Waals surface area contributed by atoms with Gasteiger partial charge in [0.2, 0.25) is 0 Å². The van der Waals surface area contributed by atoms with Crippen molar-refractivity contribution in [3.05, 3.63) is 0 Å². The Labute approximate surface area is 252 Å². The molecule has 0 aromatic carbocycles.